The summed E-state index contributed by atoms with van der Waals surface area (Å²) >= 11 is 6.37. The van der Waals surface area contributed by atoms with Gasteiger partial charge in [0.2, 0.25) is 5.91 Å². The van der Waals surface area contributed by atoms with Gasteiger partial charge in [-0.05, 0) is 48.9 Å². The minimum Gasteiger partial charge on any atom is -0.467 e. The van der Waals surface area contributed by atoms with Crippen LogP contribution < -0.4 is 10.6 Å². The lowest BCUT2D eigenvalue weighted by molar-refractivity contribution is -0.115. The lowest BCUT2D eigenvalue weighted by Gasteiger charge is -2.18. The maximum Gasteiger partial charge on any atom is 0.228 e. The summed E-state index contributed by atoms with van der Waals surface area (Å²) in [4.78, 5) is 11.5. The van der Waals surface area contributed by atoms with Crippen molar-refractivity contribution in [1.82, 2.24) is 5.32 Å². The third-order valence-corrected chi connectivity index (χ3v) is 3.94. The standard InChI is InChI=1S/C15H15ClN2O2/c1-8-3-4-20-15(8)14(17-2)10-5-9-6-13(19)18-12(9)7-11(10)16/h3-5,7,14,17H,6H2,1-2H3,(H,18,19). The van der Waals surface area contributed by atoms with Crippen molar-refractivity contribution in [2.24, 2.45) is 0 Å². The first-order chi connectivity index (χ1) is 9.60. The number of amides is 1. The number of furan rings is 1. The Hall–Kier alpha value is -1.78. The number of aryl methyl sites for hydroxylation is 1. The fraction of sp³-hybridized carbons (Fsp3) is 0.267. The van der Waals surface area contributed by atoms with Gasteiger partial charge in [0.15, 0.2) is 0 Å². The molecule has 3 rings (SSSR count). The Kier molecular flexibility index (Phi) is 3.28. The minimum absolute atomic E-state index is 0.00315. The zero-order valence-electron chi connectivity index (χ0n) is 11.3. The third-order valence-electron chi connectivity index (χ3n) is 3.61. The van der Waals surface area contributed by atoms with Gasteiger partial charge in [0.1, 0.15) is 5.76 Å². The number of carbonyl (C=O) groups excluding carboxylic acids is 1. The Morgan fingerprint density at radius 3 is 2.90 bits per heavy atom. The van der Waals surface area contributed by atoms with Gasteiger partial charge in [0.25, 0.3) is 0 Å². The molecule has 0 spiro atoms. The van der Waals surface area contributed by atoms with Crippen molar-refractivity contribution in [2.45, 2.75) is 19.4 Å². The number of fused-ring (bicyclic) bond motifs is 1. The first-order valence-corrected chi connectivity index (χ1v) is 6.81. The number of anilines is 1. The highest BCUT2D eigenvalue weighted by Crippen LogP contribution is 2.36. The third kappa shape index (κ3) is 2.11. The highest BCUT2D eigenvalue weighted by atomic mass is 35.5. The number of halogens is 1. The molecule has 2 aromatic rings. The number of carbonyl (C=O) groups is 1. The van der Waals surface area contributed by atoms with Gasteiger partial charge in [0.05, 0.1) is 18.7 Å². The van der Waals surface area contributed by atoms with Crippen molar-refractivity contribution in [3.63, 3.8) is 0 Å². The first kappa shape index (κ1) is 13.2. The quantitative estimate of drug-likeness (QED) is 0.913. The van der Waals surface area contributed by atoms with Crippen LogP contribution in [-0.2, 0) is 11.2 Å². The smallest absolute Gasteiger partial charge is 0.228 e. The number of nitrogens with one attached hydrogen (secondary N) is 2. The molecule has 104 valence electrons. The molecular formula is C15H15ClN2O2. The molecule has 1 atom stereocenters. The summed E-state index contributed by atoms with van der Waals surface area (Å²) in [6.45, 7) is 2.00. The molecular weight excluding hydrogens is 276 g/mol. The molecule has 1 aromatic heterocycles. The van der Waals surface area contributed by atoms with Gasteiger partial charge in [-0.3, -0.25) is 4.79 Å². The predicted octanol–water partition coefficient (Wildman–Crippen LogP) is 3.04. The van der Waals surface area contributed by atoms with Gasteiger partial charge in [-0.1, -0.05) is 11.6 Å². The molecule has 20 heavy (non-hydrogen) atoms. The SMILES string of the molecule is CNC(c1cc2c(cc1Cl)NC(=O)C2)c1occc1C. The van der Waals surface area contributed by atoms with Crippen molar-refractivity contribution in [2.75, 3.05) is 12.4 Å². The molecule has 4 nitrogen and oxygen atoms in total. The fourth-order valence-electron chi connectivity index (χ4n) is 2.60. The zero-order chi connectivity index (χ0) is 14.3. The summed E-state index contributed by atoms with van der Waals surface area (Å²) in [7, 11) is 1.86. The summed E-state index contributed by atoms with van der Waals surface area (Å²) < 4.78 is 5.56. The lowest BCUT2D eigenvalue weighted by atomic mass is 9.99. The maximum absolute atomic E-state index is 11.5. The van der Waals surface area contributed by atoms with Crippen molar-refractivity contribution < 1.29 is 9.21 Å². The Morgan fingerprint density at radius 1 is 1.45 bits per heavy atom. The Morgan fingerprint density at radius 2 is 2.25 bits per heavy atom. The number of hydrogen-bond donors (Lipinski definition) is 2. The molecule has 1 aliphatic heterocycles. The summed E-state index contributed by atoms with van der Waals surface area (Å²) in [5, 5.41) is 6.63. The van der Waals surface area contributed by atoms with E-state index in [2.05, 4.69) is 10.6 Å². The van der Waals surface area contributed by atoms with E-state index in [1.165, 1.54) is 0 Å². The van der Waals surface area contributed by atoms with Crippen LogP contribution in [0.2, 0.25) is 5.02 Å². The molecule has 5 heteroatoms. The highest BCUT2D eigenvalue weighted by molar-refractivity contribution is 6.32. The summed E-state index contributed by atoms with van der Waals surface area (Å²) in [6, 6.07) is 5.57. The Labute approximate surface area is 122 Å². The molecule has 0 saturated heterocycles. The van der Waals surface area contributed by atoms with Crippen LogP contribution in [0.25, 0.3) is 0 Å². The largest absolute Gasteiger partial charge is 0.467 e. The van der Waals surface area contributed by atoms with Crippen LogP contribution in [0.3, 0.4) is 0 Å². The monoisotopic (exact) mass is 290 g/mol. The van der Waals surface area contributed by atoms with E-state index in [1.54, 1.807) is 12.3 Å². The normalized spacial score (nSPS) is 15.1. The van der Waals surface area contributed by atoms with Gasteiger partial charge in [0, 0.05) is 10.7 Å². The molecule has 0 radical (unpaired) electrons. The summed E-state index contributed by atoms with van der Waals surface area (Å²) in [5.74, 6) is 0.843. The van der Waals surface area contributed by atoms with Gasteiger partial charge >= 0.3 is 0 Å². The van der Waals surface area contributed by atoms with Crippen LogP contribution in [-0.4, -0.2) is 13.0 Å². The fourth-order valence-corrected chi connectivity index (χ4v) is 2.87. The van der Waals surface area contributed by atoms with E-state index in [0.717, 1.165) is 28.1 Å². The van der Waals surface area contributed by atoms with Gasteiger partial charge < -0.3 is 15.1 Å². The molecule has 1 unspecified atom stereocenters. The van der Waals surface area contributed by atoms with E-state index in [-0.39, 0.29) is 11.9 Å². The van der Waals surface area contributed by atoms with Crippen LogP contribution in [0.15, 0.2) is 28.9 Å². The molecule has 0 aliphatic carbocycles. The van der Waals surface area contributed by atoms with Crippen molar-refractivity contribution in [3.05, 3.63) is 51.9 Å². The van der Waals surface area contributed by atoms with E-state index >= 15 is 0 Å². The number of benzene rings is 1. The van der Waals surface area contributed by atoms with Crippen LogP contribution in [0.1, 0.15) is 28.5 Å². The van der Waals surface area contributed by atoms with Crippen molar-refractivity contribution in [1.29, 1.82) is 0 Å². The van der Waals surface area contributed by atoms with E-state index in [4.69, 9.17) is 16.0 Å². The Bertz CT molecular complexity index is 679. The second-order valence-corrected chi connectivity index (χ2v) is 5.35. The molecule has 1 aromatic carbocycles. The molecule has 2 N–H and O–H groups in total. The molecule has 0 bridgehead atoms. The molecule has 0 fully saturated rings. The summed E-state index contributed by atoms with van der Waals surface area (Å²) in [5.41, 5.74) is 3.76. The van der Waals surface area contributed by atoms with E-state index in [9.17, 15) is 4.79 Å². The molecule has 0 saturated carbocycles. The molecule has 1 aliphatic rings. The highest BCUT2D eigenvalue weighted by Gasteiger charge is 2.25. The van der Waals surface area contributed by atoms with E-state index in [0.29, 0.717) is 11.4 Å². The minimum atomic E-state index is -0.126. The van der Waals surface area contributed by atoms with Crippen LogP contribution in [0.5, 0.6) is 0 Å². The average molecular weight is 291 g/mol. The topological polar surface area (TPSA) is 54.3 Å². The van der Waals surface area contributed by atoms with Gasteiger partial charge in [-0.25, -0.2) is 0 Å². The van der Waals surface area contributed by atoms with Crippen LogP contribution >= 0.6 is 11.6 Å². The van der Waals surface area contributed by atoms with Gasteiger partial charge in [-0.2, -0.15) is 0 Å². The lowest BCUT2D eigenvalue weighted by Crippen LogP contribution is -2.18. The maximum atomic E-state index is 11.5. The van der Waals surface area contributed by atoms with E-state index in [1.807, 2.05) is 26.1 Å². The van der Waals surface area contributed by atoms with Crippen LogP contribution in [0.4, 0.5) is 5.69 Å². The molecule has 2 heterocycles. The van der Waals surface area contributed by atoms with E-state index < -0.39 is 0 Å². The average Bonchev–Trinajstić information content (AvgIpc) is 2.96. The van der Waals surface area contributed by atoms with Gasteiger partial charge in [-0.15, -0.1) is 0 Å². The summed E-state index contributed by atoms with van der Waals surface area (Å²) in [6.07, 6.45) is 2.06. The van der Waals surface area contributed by atoms with Crippen molar-refractivity contribution in [3.8, 4) is 0 Å². The molecule has 1 amide bonds. The van der Waals surface area contributed by atoms with Crippen LogP contribution in [0, 0.1) is 6.92 Å². The first-order valence-electron chi connectivity index (χ1n) is 6.43. The predicted molar refractivity (Wildman–Crippen MR) is 78.1 cm³/mol. The van der Waals surface area contributed by atoms with Crippen molar-refractivity contribution >= 4 is 23.2 Å². The zero-order valence-corrected chi connectivity index (χ0v) is 12.0. The number of hydrogen-bond acceptors (Lipinski definition) is 3. The second kappa shape index (κ2) is 4.96. The Balaban J connectivity index is 2.07. The second-order valence-electron chi connectivity index (χ2n) is 4.95. The number of rotatable bonds is 3.